The van der Waals surface area contributed by atoms with Crippen molar-refractivity contribution in [3.05, 3.63) is 54.2 Å². The van der Waals surface area contributed by atoms with Crippen molar-refractivity contribution in [1.29, 1.82) is 0 Å². The number of rotatable bonds is 5. The summed E-state index contributed by atoms with van der Waals surface area (Å²) < 4.78 is 10.8. The van der Waals surface area contributed by atoms with Crippen LogP contribution in [0.5, 0.6) is 5.75 Å². The highest BCUT2D eigenvalue weighted by Gasteiger charge is 2.20. The molecule has 0 radical (unpaired) electrons. The lowest BCUT2D eigenvalue weighted by atomic mass is 10.0. The summed E-state index contributed by atoms with van der Waals surface area (Å²) in [5.74, 6) is 0.437. The monoisotopic (exact) mass is 309 g/mol. The lowest BCUT2D eigenvalue weighted by Crippen LogP contribution is -2.06. The summed E-state index contributed by atoms with van der Waals surface area (Å²) in [6.07, 6.45) is 0. The number of fused-ring (bicyclic) bond motifs is 1. The molecule has 4 nitrogen and oxygen atoms in total. The van der Waals surface area contributed by atoms with Crippen LogP contribution >= 0.6 is 0 Å². The van der Waals surface area contributed by atoms with E-state index >= 15 is 0 Å². The van der Waals surface area contributed by atoms with Crippen molar-refractivity contribution in [3.8, 4) is 16.9 Å². The van der Waals surface area contributed by atoms with Crippen LogP contribution in [0, 0.1) is 0 Å². The Hall–Kier alpha value is -2.75. The third-order valence-corrected chi connectivity index (χ3v) is 3.62. The number of carbonyl (C=O) groups excluding carboxylic acids is 1. The van der Waals surface area contributed by atoms with Crippen molar-refractivity contribution in [1.82, 2.24) is 4.98 Å². The molecule has 0 saturated carbocycles. The minimum absolute atomic E-state index is 0.340. The molecule has 0 spiro atoms. The molecule has 0 aliphatic rings. The van der Waals surface area contributed by atoms with Gasteiger partial charge in [0.05, 0.1) is 13.2 Å². The molecule has 0 saturated heterocycles. The summed E-state index contributed by atoms with van der Waals surface area (Å²) >= 11 is 0. The molecule has 3 rings (SSSR count). The fourth-order valence-corrected chi connectivity index (χ4v) is 2.69. The molecule has 1 heterocycles. The van der Waals surface area contributed by atoms with Gasteiger partial charge in [0.2, 0.25) is 0 Å². The van der Waals surface area contributed by atoms with E-state index < -0.39 is 0 Å². The molecule has 3 aromatic rings. The Morgan fingerprint density at radius 2 is 1.83 bits per heavy atom. The van der Waals surface area contributed by atoms with E-state index in [4.69, 9.17) is 9.47 Å². The van der Waals surface area contributed by atoms with E-state index in [0.717, 1.165) is 27.8 Å². The van der Waals surface area contributed by atoms with Crippen LogP contribution in [0.2, 0.25) is 0 Å². The van der Waals surface area contributed by atoms with Crippen LogP contribution in [-0.4, -0.2) is 24.2 Å². The third kappa shape index (κ3) is 2.93. The molecule has 0 atom stereocenters. The fraction of sp³-hybridized carbons (Fsp3) is 0.211. The summed E-state index contributed by atoms with van der Waals surface area (Å²) in [6, 6.07) is 15.6. The number of hydrogen-bond acceptors (Lipinski definition) is 3. The zero-order valence-electron chi connectivity index (χ0n) is 13.3. The lowest BCUT2D eigenvalue weighted by molar-refractivity contribution is 0.0521. The van der Waals surface area contributed by atoms with Gasteiger partial charge in [0.15, 0.2) is 0 Å². The highest BCUT2D eigenvalue weighted by Crippen LogP contribution is 2.35. The normalized spacial score (nSPS) is 10.7. The van der Waals surface area contributed by atoms with Crippen molar-refractivity contribution in [2.24, 2.45) is 0 Å². The fourth-order valence-electron chi connectivity index (χ4n) is 2.69. The second-order valence-corrected chi connectivity index (χ2v) is 5.10. The van der Waals surface area contributed by atoms with E-state index in [1.54, 1.807) is 6.92 Å². The number of nitrogens with one attached hydrogen (secondary N) is 1. The van der Waals surface area contributed by atoms with E-state index in [1.165, 1.54) is 0 Å². The second kappa shape index (κ2) is 6.57. The van der Waals surface area contributed by atoms with E-state index in [-0.39, 0.29) is 5.97 Å². The van der Waals surface area contributed by atoms with Crippen LogP contribution in [0.1, 0.15) is 24.3 Å². The predicted molar refractivity (Wildman–Crippen MR) is 90.9 cm³/mol. The van der Waals surface area contributed by atoms with Gasteiger partial charge in [-0.3, -0.25) is 0 Å². The van der Waals surface area contributed by atoms with E-state index in [0.29, 0.717) is 18.9 Å². The maximum Gasteiger partial charge on any atom is 0.355 e. The largest absolute Gasteiger partial charge is 0.494 e. The zero-order valence-corrected chi connectivity index (χ0v) is 13.3. The van der Waals surface area contributed by atoms with E-state index in [1.807, 2.05) is 55.5 Å². The summed E-state index contributed by atoms with van der Waals surface area (Å²) in [4.78, 5) is 15.5. The number of H-pyrrole nitrogens is 1. The van der Waals surface area contributed by atoms with Gasteiger partial charge >= 0.3 is 5.97 Å². The quantitative estimate of drug-likeness (QED) is 0.710. The summed E-state index contributed by atoms with van der Waals surface area (Å²) in [7, 11) is 0. The van der Waals surface area contributed by atoms with Crippen molar-refractivity contribution >= 4 is 16.9 Å². The predicted octanol–water partition coefficient (Wildman–Crippen LogP) is 4.41. The molecule has 4 heteroatoms. The minimum Gasteiger partial charge on any atom is -0.494 e. The molecule has 23 heavy (non-hydrogen) atoms. The summed E-state index contributed by atoms with van der Waals surface area (Å²) in [5, 5.41) is 0.949. The first kappa shape index (κ1) is 15.2. The van der Waals surface area contributed by atoms with E-state index in [2.05, 4.69) is 4.98 Å². The standard InChI is InChI=1S/C19H19NO3/c1-3-22-14-10-11-16-15(12-14)17(13-8-6-5-7-9-13)18(20-16)19(21)23-4-2/h5-12,20H,3-4H2,1-2H3. The smallest absolute Gasteiger partial charge is 0.355 e. The number of aromatic nitrogens is 1. The van der Waals surface area contributed by atoms with Crippen molar-refractivity contribution in [3.63, 3.8) is 0 Å². The first-order chi connectivity index (χ1) is 11.2. The zero-order chi connectivity index (χ0) is 16.2. The van der Waals surface area contributed by atoms with Crippen LogP contribution in [0.4, 0.5) is 0 Å². The van der Waals surface area contributed by atoms with Gasteiger partial charge in [-0.25, -0.2) is 4.79 Å². The number of esters is 1. The Morgan fingerprint density at radius 3 is 2.52 bits per heavy atom. The Labute approximate surface area is 135 Å². The van der Waals surface area contributed by atoms with Gasteiger partial charge in [-0.1, -0.05) is 30.3 Å². The highest BCUT2D eigenvalue weighted by molar-refractivity contribution is 6.08. The van der Waals surface area contributed by atoms with Gasteiger partial charge in [-0.2, -0.15) is 0 Å². The molecule has 0 fully saturated rings. The molecule has 0 aliphatic heterocycles. The highest BCUT2D eigenvalue weighted by atomic mass is 16.5. The minimum atomic E-state index is -0.347. The molecule has 1 aromatic heterocycles. The Balaban J connectivity index is 2.23. The van der Waals surface area contributed by atoms with Crippen LogP contribution in [-0.2, 0) is 4.74 Å². The Morgan fingerprint density at radius 1 is 1.04 bits per heavy atom. The average molecular weight is 309 g/mol. The number of ether oxygens (including phenoxy) is 2. The number of aromatic amines is 1. The Bertz CT molecular complexity index is 821. The third-order valence-electron chi connectivity index (χ3n) is 3.62. The van der Waals surface area contributed by atoms with Crippen LogP contribution < -0.4 is 4.74 Å². The van der Waals surface area contributed by atoms with Gasteiger partial charge in [-0.05, 0) is 37.6 Å². The molecule has 0 bridgehead atoms. The van der Waals surface area contributed by atoms with Gasteiger partial charge < -0.3 is 14.5 Å². The molecule has 0 aliphatic carbocycles. The van der Waals surface area contributed by atoms with Crippen molar-refractivity contribution in [2.45, 2.75) is 13.8 Å². The first-order valence-corrected chi connectivity index (χ1v) is 7.75. The molecular formula is C19H19NO3. The lowest BCUT2D eigenvalue weighted by Gasteiger charge is -2.06. The van der Waals surface area contributed by atoms with Gasteiger partial charge in [-0.15, -0.1) is 0 Å². The van der Waals surface area contributed by atoms with Gasteiger partial charge in [0, 0.05) is 16.5 Å². The molecule has 0 unspecified atom stereocenters. The second-order valence-electron chi connectivity index (χ2n) is 5.10. The maximum atomic E-state index is 12.3. The summed E-state index contributed by atoms with van der Waals surface area (Å²) in [6.45, 7) is 4.69. The van der Waals surface area contributed by atoms with E-state index in [9.17, 15) is 4.79 Å². The molecule has 118 valence electrons. The molecule has 1 N–H and O–H groups in total. The van der Waals surface area contributed by atoms with Crippen LogP contribution in [0.15, 0.2) is 48.5 Å². The molecular weight excluding hydrogens is 290 g/mol. The first-order valence-electron chi connectivity index (χ1n) is 7.75. The maximum absolute atomic E-state index is 12.3. The van der Waals surface area contributed by atoms with Crippen molar-refractivity contribution < 1.29 is 14.3 Å². The number of hydrogen-bond donors (Lipinski definition) is 1. The van der Waals surface area contributed by atoms with Crippen LogP contribution in [0.3, 0.4) is 0 Å². The number of benzene rings is 2. The SMILES string of the molecule is CCOC(=O)c1[nH]c2ccc(OCC)cc2c1-c1ccccc1. The van der Waals surface area contributed by atoms with Crippen molar-refractivity contribution in [2.75, 3.05) is 13.2 Å². The van der Waals surface area contributed by atoms with Gasteiger partial charge in [0.1, 0.15) is 11.4 Å². The number of carbonyl (C=O) groups is 1. The molecule has 0 amide bonds. The molecule has 2 aromatic carbocycles. The summed E-state index contributed by atoms with van der Waals surface area (Å²) in [5.41, 5.74) is 3.17. The average Bonchev–Trinajstić information content (AvgIpc) is 2.95. The Kier molecular flexibility index (Phi) is 4.33. The van der Waals surface area contributed by atoms with Gasteiger partial charge in [0.25, 0.3) is 0 Å². The topological polar surface area (TPSA) is 51.3 Å². The van der Waals surface area contributed by atoms with Crippen LogP contribution in [0.25, 0.3) is 22.0 Å².